The van der Waals surface area contributed by atoms with Crippen LogP contribution in [0.15, 0.2) is 36.4 Å². The van der Waals surface area contributed by atoms with Gasteiger partial charge in [-0.15, -0.1) is 0 Å². The second-order valence-corrected chi connectivity index (χ2v) is 7.04. The van der Waals surface area contributed by atoms with E-state index in [9.17, 15) is 13.6 Å². The zero-order valence-corrected chi connectivity index (χ0v) is 15.9. The van der Waals surface area contributed by atoms with Crippen LogP contribution in [-0.2, 0) is 16.1 Å². The van der Waals surface area contributed by atoms with Gasteiger partial charge in [0.05, 0.1) is 17.3 Å². The minimum Gasteiger partial charge on any atom is -0.367 e. The van der Waals surface area contributed by atoms with Gasteiger partial charge in [0.1, 0.15) is 18.2 Å². The van der Waals surface area contributed by atoms with Gasteiger partial charge in [-0.05, 0) is 36.4 Å². The number of hydrogen-bond acceptors (Lipinski definition) is 3. The predicted octanol–water partition coefficient (Wildman–Crippen LogP) is 4.14. The fraction of sp³-hybridized carbons (Fsp3) is 0.316. The highest BCUT2D eigenvalue weighted by Crippen LogP contribution is 2.29. The van der Waals surface area contributed by atoms with Gasteiger partial charge in [-0.2, -0.15) is 0 Å². The van der Waals surface area contributed by atoms with Crippen molar-refractivity contribution < 1.29 is 18.3 Å². The van der Waals surface area contributed by atoms with E-state index in [4.69, 9.17) is 27.9 Å². The zero-order valence-electron chi connectivity index (χ0n) is 14.4. The molecule has 0 unspecified atom stereocenters. The predicted molar refractivity (Wildman–Crippen MR) is 101 cm³/mol. The highest BCUT2D eigenvalue weighted by Gasteiger charge is 2.22. The number of nitrogens with zero attached hydrogens (tertiary/aromatic N) is 2. The van der Waals surface area contributed by atoms with E-state index in [0.717, 1.165) is 23.9 Å². The maximum atomic E-state index is 13.5. The van der Waals surface area contributed by atoms with Crippen LogP contribution in [0, 0.1) is 11.6 Å². The molecule has 0 bridgehead atoms. The summed E-state index contributed by atoms with van der Waals surface area (Å²) in [7, 11) is 0. The monoisotopic (exact) mass is 414 g/mol. The van der Waals surface area contributed by atoms with Gasteiger partial charge in [0.25, 0.3) is 0 Å². The summed E-state index contributed by atoms with van der Waals surface area (Å²) in [5.41, 5.74) is 0.969. The average molecular weight is 415 g/mol. The number of anilines is 1. The van der Waals surface area contributed by atoms with Gasteiger partial charge < -0.3 is 14.5 Å². The molecule has 4 nitrogen and oxygen atoms in total. The van der Waals surface area contributed by atoms with Crippen LogP contribution in [-0.4, -0.2) is 43.6 Å². The second kappa shape index (κ2) is 8.87. The van der Waals surface area contributed by atoms with Gasteiger partial charge in [0, 0.05) is 36.8 Å². The standard InChI is InChI=1S/C19H18Cl2F2N2O2/c20-14-1-4-18(16(21)10-14)24-5-7-25(8-6-24)19(26)12-27-11-13-9-15(22)2-3-17(13)23/h1-4,9-10H,5-8,11-12H2. The Morgan fingerprint density at radius 3 is 2.48 bits per heavy atom. The number of hydrogen-bond donors (Lipinski definition) is 0. The molecule has 1 fully saturated rings. The van der Waals surface area contributed by atoms with E-state index >= 15 is 0 Å². The molecule has 1 aliphatic rings. The number of carbonyl (C=O) groups is 1. The lowest BCUT2D eigenvalue weighted by Crippen LogP contribution is -2.49. The summed E-state index contributed by atoms with van der Waals surface area (Å²) in [6.45, 7) is 1.97. The number of ether oxygens (including phenoxy) is 1. The summed E-state index contributed by atoms with van der Waals surface area (Å²) in [6.07, 6.45) is 0. The molecule has 27 heavy (non-hydrogen) atoms. The maximum absolute atomic E-state index is 13.5. The third kappa shape index (κ3) is 5.09. The highest BCUT2D eigenvalue weighted by atomic mass is 35.5. The first-order valence-electron chi connectivity index (χ1n) is 8.43. The fourth-order valence-corrected chi connectivity index (χ4v) is 3.46. The zero-order chi connectivity index (χ0) is 19.4. The van der Waals surface area contributed by atoms with E-state index in [1.807, 2.05) is 6.07 Å². The Bertz CT molecular complexity index is 827. The molecule has 144 valence electrons. The molecule has 0 saturated carbocycles. The Morgan fingerprint density at radius 1 is 1.04 bits per heavy atom. The van der Waals surface area contributed by atoms with Gasteiger partial charge in [0.15, 0.2) is 0 Å². The normalized spacial score (nSPS) is 14.5. The highest BCUT2D eigenvalue weighted by molar-refractivity contribution is 6.36. The van der Waals surface area contributed by atoms with Crippen LogP contribution in [0.4, 0.5) is 14.5 Å². The lowest BCUT2D eigenvalue weighted by Gasteiger charge is -2.36. The number of benzene rings is 2. The molecule has 0 spiro atoms. The smallest absolute Gasteiger partial charge is 0.248 e. The molecular formula is C19H18Cl2F2N2O2. The second-order valence-electron chi connectivity index (χ2n) is 6.19. The molecule has 0 aliphatic carbocycles. The van der Waals surface area contributed by atoms with Crippen LogP contribution in [0.5, 0.6) is 0 Å². The van der Waals surface area contributed by atoms with E-state index < -0.39 is 11.6 Å². The van der Waals surface area contributed by atoms with Crippen molar-refractivity contribution in [3.63, 3.8) is 0 Å². The quantitative estimate of drug-likeness (QED) is 0.736. The molecular weight excluding hydrogens is 397 g/mol. The fourth-order valence-electron chi connectivity index (χ4n) is 2.93. The minimum absolute atomic E-state index is 0.0880. The number of carbonyl (C=O) groups excluding carboxylic acids is 1. The Kier molecular flexibility index (Phi) is 6.52. The van der Waals surface area contributed by atoms with Crippen LogP contribution in [0.2, 0.25) is 10.0 Å². The topological polar surface area (TPSA) is 32.8 Å². The Morgan fingerprint density at radius 2 is 1.78 bits per heavy atom. The van der Waals surface area contributed by atoms with Crippen LogP contribution in [0.25, 0.3) is 0 Å². The summed E-state index contributed by atoms with van der Waals surface area (Å²) >= 11 is 12.1. The summed E-state index contributed by atoms with van der Waals surface area (Å²) in [5.74, 6) is -1.29. The van der Waals surface area contributed by atoms with Crippen molar-refractivity contribution in [2.45, 2.75) is 6.61 Å². The SMILES string of the molecule is O=C(COCc1cc(F)ccc1F)N1CCN(c2ccc(Cl)cc2Cl)CC1. The Balaban J connectivity index is 1.47. The third-order valence-electron chi connectivity index (χ3n) is 4.37. The van der Waals surface area contributed by atoms with Crippen molar-refractivity contribution in [3.8, 4) is 0 Å². The average Bonchev–Trinajstić information content (AvgIpc) is 2.65. The van der Waals surface area contributed by atoms with Crippen molar-refractivity contribution in [2.24, 2.45) is 0 Å². The molecule has 1 amide bonds. The van der Waals surface area contributed by atoms with Gasteiger partial charge in [-0.1, -0.05) is 23.2 Å². The molecule has 0 atom stereocenters. The first kappa shape index (κ1) is 19.9. The molecule has 2 aromatic carbocycles. The summed E-state index contributed by atoms with van der Waals surface area (Å²) in [6, 6.07) is 8.47. The van der Waals surface area contributed by atoms with E-state index in [0.29, 0.717) is 36.2 Å². The lowest BCUT2D eigenvalue weighted by atomic mass is 10.2. The summed E-state index contributed by atoms with van der Waals surface area (Å²) in [5, 5.41) is 1.15. The number of amides is 1. The van der Waals surface area contributed by atoms with E-state index in [1.165, 1.54) is 0 Å². The molecule has 1 heterocycles. The Labute approximate surface area is 166 Å². The molecule has 0 aromatic heterocycles. The third-order valence-corrected chi connectivity index (χ3v) is 4.91. The molecule has 1 aliphatic heterocycles. The van der Waals surface area contributed by atoms with Crippen molar-refractivity contribution in [2.75, 3.05) is 37.7 Å². The van der Waals surface area contributed by atoms with Crippen LogP contribution in [0.1, 0.15) is 5.56 Å². The van der Waals surface area contributed by atoms with E-state index in [1.54, 1.807) is 17.0 Å². The first-order chi connectivity index (χ1) is 12.9. The van der Waals surface area contributed by atoms with Gasteiger partial charge in [-0.25, -0.2) is 8.78 Å². The molecule has 2 aromatic rings. The van der Waals surface area contributed by atoms with Crippen LogP contribution in [0.3, 0.4) is 0 Å². The van der Waals surface area contributed by atoms with Crippen LogP contribution >= 0.6 is 23.2 Å². The van der Waals surface area contributed by atoms with Gasteiger partial charge in [-0.3, -0.25) is 4.79 Å². The molecule has 8 heteroatoms. The maximum Gasteiger partial charge on any atom is 0.248 e. The first-order valence-corrected chi connectivity index (χ1v) is 9.19. The lowest BCUT2D eigenvalue weighted by molar-refractivity contribution is -0.136. The molecule has 0 radical (unpaired) electrons. The van der Waals surface area contributed by atoms with Gasteiger partial charge >= 0.3 is 0 Å². The minimum atomic E-state index is -0.558. The number of piperazine rings is 1. The number of halogens is 4. The number of rotatable bonds is 5. The summed E-state index contributed by atoms with van der Waals surface area (Å²) in [4.78, 5) is 16.0. The van der Waals surface area contributed by atoms with Gasteiger partial charge in [0.2, 0.25) is 5.91 Å². The van der Waals surface area contributed by atoms with Crippen molar-refractivity contribution in [1.29, 1.82) is 0 Å². The van der Waals surface area contributed by atoms with Crippen LogP contribution < -0.4 is 4.90 Å². The van der Waals surface area contributed by atoms with E-state index in [-0.39, 0.29) is 24.7 Å². The molecule has 1 saturated heterocycles. The largest absolute Gasteiger partial charge is 0.367 e. The van der Waals surface area contributed by atoms with E-state index in [2.05, 4.69) is 4.90 Å². The van der Waals surface area contributed by atoms with Crippen molar-refractivity contribution >= 4 is 34.8 Å². The summed E-state index contributed by atoms with van der Waals surface area (Å²) < 4.78 is 31.9. The van der Waals surface area contributed by atoms with Crippen molar-refractivity contribution in [1.82, 2.24) is 4.90 Å². The Hall–Kier alpha value is -1.89. The molecule has 3 rings (SSSR count). The van der Waals surface area contributed by atoms with Crippen molar-refractivity contribution in [3.05, 3.63) is 63.6 Å². The molecule has 0 N–H and O–H groups in total.